The number of ether oxygens (including phenoxy) is 1. The summed E-state index contributed by atoms with van der Waals surface area (Å²) >= 11 is 0. The van der Waals surface area contributed by atoms with E-state index in [0.717, 1.165) is 25.1 Å². The second kappa shape index (κ2) is 6.81. The Balaban J connectivity index is 1.91. The first kappa shape index (κ1) is 18.3. The topological polar surface area (TPSA) is 59.7 Å². The van der Waals surface area contributed by atoms with Crippen molar-refractivity contribution in [3.05, 3.63) is 47.8 Å². The van der Waals surface area contributed by atoms with Crippen molar-refractivity contribution in [2.75, 3.05) is 20.2 Å². The summed E-state index contributed by atoms with van der Waals surface area (Å²) in [5, 5.41) is 3.81. The minimum atomic E-state index is -4.66. The number of carbonyl (C=O) groups is 1. The van der Waals surface area contributed by atoms with Crippen LogP contribution in [0.4, 0.5) is 13.2 Å². The molecule has 0 radical (unpaired) electrons. The molecule has 6 nitrogen and oxygen atoms in total. The molecule has 0 spiro atoms. The molecule has 0 atom stereocenters. The molecule has 1 fully saturated rings. The zero-order chi connectivity index (χ0) is 19.9. The fourth-order valence-corrected chi connectivity index (χ4v) is 3.34. The first-order valence-electron chi connectivity index (χ1n) is 8.78. The van der Waals surface area contributed by atoms with Gasteiger partial charge >= 0.3 is 6.18 Å². The molecule has 1 aromatic carbocycles. The molecule has 1 saturated heterocycles. The third kappa shape index (κ3) is 3.17. The molecule has 3 heterocycles. The number of hydrogen-bond acceptors (Lipinski definition) is 4. The molecule has 1 aliphatic heterocycles. The Hall–Kier alpha value is -3.10. The highest BCUT2D eigenvalue weighted by Gasteiger charge is 2.36. The van der Waals surface area contributed by atoms with E-state index in [1.165, 1.54) is 7.11 Å². The van der Waals surface area contributed by atoms with E-state index >= 15 is 0 Å². The Morgan fingerprint density at radius 2 is 1.93 bits per heavy atom. The normalized spacial score (nSPS) is 14.6. The van der Waals surface area contributed by atoms with E-state index in [9.17, 15) is 18.0 Å². The molecule has 3 aromatic rings. The van der Waals surface area contributed by atoms with Crippen molar-refractivity contribution in [3.63, 3.8) is 0 Å². The fourth-order valence-electron chi connectivity index (χ4n) is 3.34. The summed E-state index contributed by atoms with van der Waals surface area (Å²) in [5.74, 6) is 0.144. The molecule has 0 unspecified atom stereocenters. The number of alkyl halides is 3. The van der Waals surface area contributed by atoms with Crippen LogP contribution >= 0.6 is 0 Å². The number of benzene rings is 1. The summed E-state index contributed by atoms with van der Waals surface area (Å²) in [6, 6.07) is 7.52. The van der Waals surface area contributed by atoms with Crippen molar-refractivity contribution in [2.24, 2.45) is 0 Å². The molecule has 4 rings (SSSR count). The van der Waals surface area contributed by atoms with Crippen LogP contribution in [-0.2, 0) is 6.18 Å². The minimum Gasteiger partial charge on any atom is -0.497 e. The maximum atomic E-state index is 13.7. The van der Waals surface area contributed by atoms with E-state index in [0.29, 0.717) is 28.9 Å². The van der Waals surface area contributed by atoms with Gasteiger partial charge in [-0.2, -0.15) is 18.3 Å². The van der Waals surface area contributed by atoms with Gasteiger partial charge in [0.25, 0.3) is 5.91 Å². The summed E-state index contributed by atoms with van der Waals surface area (Å²) in [6.07, 6.45) is -1.75. The predicted molar refractivity (Wildman–Crippen MR) is 95.1 cm³/mol. The standard InChI is InChI=1S/C19H17F3N4O2/c1-28-13-6-4-5-12(9-13)15-10-16(19(20,21)22)26-17(24-15)14(11-23-26)18(27)25-7-2-3-8-25/h4-6,9-11H,2-3,7-8H2,1H3. The number of likely N-dealkylation sites (tertiary alicyclic amines) is 1. The lowest BCUT2D eigenvalue weighted by molar-refractivity contribution is -0.142. The van der Waals surface area contributed by atoms with Crippen LogP contribution in [0.15, 0.2) is 36.5 Å². The summed E-state index contributed by atoms with van der Waals surface area (Å²) in [6.45, 7) is 1.16. The zero-order valence-electron chi connectivity index (χ0n) is 15.0. The predicted octanol–water partition coefficient (Wildman–Crippen LogP) is 3.66. The van der Waals surface area contributed by atoms with Gasteiger partial charge in [0.05, 0.1) is 19.0 Å². The van der Waals surface area contributed by atoms with Crippen LogP contribution in [0.1, 0.15) is 28.9 Å². The number of fused-ring (bicyclic) bond motifs is 1. The smallest absolute Gasteiger partial charge is 0.433 e. The Morgan fingerprint density at radius 1 is 1.18 bits per heavy atom. The Bertz CT molecular complexity index is 1040. The third-order valence-electron chi connectivity index (χ3n) is 4.75. The lowest BCUT2D eigenvalue weighted by Crippen LogP contribution is -2.27. The summed E-state index contributed by atoms with van der Waals surface area (Å²) in [7, 11) is 1.47. The summed E-state index contributed by atoms with van der Waals surface area (Å²) in [5.41, 5.74) is -0.486. The lowest BCUT2D eigenvalue weighted by Gasteiger charge is -2.15. The summed E-state index contributed by atoms with van der Waals surface area (Å²) in [4.78, 5) is 18.7. The average Bonchev–Trinajstić information content (AvgIpc) is 3.36. The van der Waals surface area contributed by atoms with Gasteiger partial charge in [-0.1, -0.05) is 12.1 Å². The van der Waals surface area contributed by atoms with Gasteiger partial charge < -0.3 is 9.64 Å². The molecule has 0 aliphatic carbocycles. The third-order valence-corrected chi connectivity index (χ3v) is 4.75. The van der Waals surface area contributed by atoms with Gasteiger partial charge in [-0.3, -0.25) is 4.79 Å². The minimum absolute atomic E-state index is 0.0668. The van der Waals surface area contributed by atoms with E-state index in [1.54, 1.807) is 29.2 Å². The molecular formula is C19H17F3N4O2. The largest absolute Gasteiger partial charge is 0.497 e. The highest BCUT2D eigenvalue weighted by molar-refractivity contribution is 6.00. The quantitative estimate of drug-likeness (QED) is 0.685. The van der Waals surface area contributed by atoms with Crippen molar-refractivity contribution in [1.29, 1.82) is 0 Å². The van der Waals surface area contributed by atoms with Crippen LogP contribution in [-0.4, -0.2) is 45.6 Å². The molecule has 9 heteroatoms. The monoisotopic (exact) mass is 390 g/mol. The van der Waals surface area contributed by atoms with Gasteiger partial charge in [-0.15, -0.1) is 0 Å². The van der Waals surface area contributed by atoms with Gasteiger partial charge in [0.1, 0.15) is 11.3 Å². The molecule has 0 N–H and O–H groups in total. The molecular weight excluding hydrogens is 373 g/mol. The van der Waals surface area contributed by atoms with Crippen molar-refractivity contribution < 1.29 is 22.7 Å². The molecule has 0 bridgehead atoms. The number of halogens is 3. The molecule has 1 amide bonds. The second-order valence-electron chi connectivity index (χ2n) is 6.55. The van der Waals surface area contributed by atoms with E-state index in [-0.39, 0.29) is 22.8 Å². The van der Waals surface area contributed by atoms with E-state index in [2.05, 4.69) is 10.1 Å². The van der Waals surface area contributed by atoms with E-state index in [4.69, 9.17) is 4.74 Å². The number of rotatable bonds is 3. The second-order valence-corrected chi connectivity index (χ2v) is 6.55. The maximum absolute atomic E-state index is 13.7. The van der Waals surface area contributed by atoms with E-state index < -0.39 is 11.9 Å². The van der Waals surface area contributed by atoms with Crippen LogP contribution in [0, 0.1) is 0 Å². The SMILES string of the molecule is COc1cccc(-c2cc(C(F)(F)F)n3ncc(C(=O)N4CCCC4)c3n2)c1. The number of amides is 1. The lowest BCUT2D eigenvalue weighted by atomic mass is 10.1. The van der Waals surface area contributed by atoms with Crippen LogP contribution in [0.2, 0.25) is 0 Å². The number of methoxy groups -OCH3 is 1. The average molecular weight is 390 g/mol. The fraction of sp³-hybridized carbons (Fsp3) is 0.316. The van der Waals surface area contributed by atoms with Crippen LogP contribution in [0.3, 0.4) is 0 Å². The highest BCUT2D eigenvalue weighted by Crippen LogP contribution is 2.33. The molecule has 1 aliphatic rings. The highest BCUT2D eigenvalue weighted by atomic mass is 19.4. The van der Waals surface area contributed by atoms with Crippen molar-refractivity contribution in [2.45, 2.75) is 19.0 Å². The molecule has 146 valence electrons. The van der Waals surface area contributed by atoms with Gasteiger partial charge in [0.15, 0.2) is 11.3 Å². The van der Waals surface area contributed by atoms with Gasteiger partial charge in [-0.05, 0) is 31.0 Å². The van der Waals surface area contributed by atoms with E-state index in [1.807, 2.05) is 0 Å². The maximum Gasteiger partial charge on any atom is 0.433 e. The Morgan fingerprint density at radius 3 is 2.61 bits per heavy atom. The van der Waals surface area contributed by atoms with Crippen molar-refractivity contribution in [1.82, 2.24) is 19.5 Å². The summed E-state index contributed by atoms with van der Waals surface area (Å²) < 4.78 is 46.8. The molecule has 2 aromatic heterocycles. The number of aromatic nitrogens is 3. The van der Waals surface area contributed by atoms with Crippen LogP contribution < -0.4 is 4.74 Å². The van der Waals surface area contributed by atoms with Crippen molar-refractivity contribution >= 4 is 11.6 Å². The Kier molecular flexibility index (Phi) is 4.44. The molecule has 28 heavy (non-hydrogen) atoms. The van der Waals surface area contributed by atoms with Crippen molar-refractivity contribution in [3.8, 4) is 17.0 Å². The van der Waals surface area contributed by atoms with Crippen LogP contribution in [0.25, 0.3) is 16.9 Å². The number of nitrogens with zero attached hydrogens (tertiary/aromatic N) is 4. The Labute approximate surface area is 158 Å². The first-order chi connectivity index (χ1) is 13.4. The number of hydrogen-bond donors (Lipinski definition) is 0. The van der Waals surface area contributed by atoms with Gasteiger partial charge in [0.2, 0.25) is 0 Å². The molecule has 0 saturated carbocycles. The van der Waals surface area contributed by atoms with Crippen LogP contribution in [0.5, 0.6) is 5.75 Å². The zero-order valence-corrected chi connectivity index (χ0v) is 15.0. The van der Waals surface area contributed by atoms with Gasteiger partial charge in [0, 0.05) is 18.7 Å². The van der Waals surface area contributed by atoms with Gasteiger partial charge in [-0.25, -0.2) is 9.50 Å². The first-order valence-corrected chi connectivity index (χ1v) is 8.78. The number of carbonyl (C=O) groups excluding carboxylic acids is 1.